The summed E-state index contributed by atoms with van der Waals surface area (Å²) in [5.74, 6) is 0.230. The Labute approximate surface area is 165 Å². The molecule has 0 radical (unpaired) electrons. The predicted molar refractivity (Wildman–Crippen MR) is 102 cm³/mol. The molecule has 2 heterocycles. The lowest BCUT2D eigenvalue weighted by Gasteiger charge is -2.35. The van der Waals surface area contributed by atoms with E-state index in [4.69, 9.17) is 4.74 Å². The number of halogens is 3. The molecule has 1 N–H and O–H groups in total. The van der Waals surface area contributed by atoms with Gasteiger partial charge in [0.25, 0.3) is 5.56 Å². The first-order valence-electron chi connectivity index (χ1n) is 9.23. The van der Waals surface area contributed by atoms with Crippen LogP contribution in [0.5, 0.6) is 5.75 Å². The number of benzene rings is 1. The molecule has 1 unspecified atom stereocenters. The van der Waals surface area contributed by atoms with Crippen molar-refractivity contribution in [1.29, 1.82) is 0 Å². The Bertz CT molecular complexity index is 927. The highest BCUT2D eigenvalue weighted by Gasteiger charge is 2.34. The first kappa shape index (κ1) is 20.8. The number of methoxy groups -OCH3 is 1. The van der Waals surface area contributed by atoms with Crippen molar-refractivity contribution in [3.63, 3.8) is 0 Å². The lowest BCUT2D eigenvalue weighted by molar-refractivity contribution is -0.139. The molecule has 29 heavy (non-hydrogen) atoms. The molecular formula is C20H22F3N3O3. The largest absolute Gasteiger partial charge is 0.495 e. The number of hydrogen-bond donors (Lipinski definition) is 1. The number of amides is 1. The summed E-state index contributed by atoms with van der Waals surface area (Å²) in [6, 6.07) is 9.22. The van der Waals surface area contributed by atoms with Crippen molar-refractivity contribution in [1.82, 2.24) is 9.88 Å². The van der Waals surface area contributed by atoms with Gasteiger partial charge in [-0.1, -0.05) is 12.1 Å². The van der Waals surface area contributed by atoms with E-state index in [0.717, 1.165) is 41.5 Å². The van der Waals surface area contributed by atoms with Crippen LogP contribution >= 0.6 is 0 Å². The predicted octanol–water partition coefficient (Wildman–Crippen LogP) is 2.66. The normalized spacial score (nSPS) is 17.1. The van der Waals surface area contributed by atoms with Crippen molar-refractivity contribution >= 4 is 11.6 Å². The molecular weight excluding hydrogens is 387 g/mol. The number of nitrogens with one attached hydrogen (secondary N) is 1. The van der Waals surface area contributed by atoms with Gasteiger partial charge in [-0.05, 0) is 37.1 Å². The summed E-state index contributed by atoms with van der Waals surface area (Å²) >= 11 is 0. The van der Waals surface area contributed by atoms with Gasteiger partial charge >= 0.3 is 6.18 Å². The number of anilines is 1. The van der Waals surface area contributed by atoms with E-state index in [0.29, 0.717) is 12.6 Å². The van der Waals surface area contributed by atoms with Gasteiger partial charge < -0.3 is 19.5 Å². The van der Waals surface area contributed by atoms with Crippen LogP contribution in [0, 0.1) is 0 Å². The monoisotopic (exact) mass is 409 g/mol. The van der Waals surface area contributed by atoms with E-state index in [1.165, 1.54) is 6.20 Å². The van der Waals surface area contributed by atoms with Gasteiger partial charge in [0.15, 0.2) is 0 Å². The average molecular weight is 409 g/mol. The Morgan fingerprint density at radius 1 is 1.24 bits per heavy atom. The van der Waals surface area contributed by atoms with Crippen LogP contribution in [0.2, 0.25) is 0 Å². The van der Waals surface area contributed by atoms with Gasteiger partial charge in [-0.25, -0.2) is 0 Å². The summed E-state index contributed by atoms with van der Waals surface area (Å²) in [4.78, 5) is 26.5. The fraction of sp³-hybridized carbons (Fsp3) is 0.400. The Morgan fingerprint density at radius 2 is 2.00 bits per heavy atom. The number of piperidine rings is 1. The molecule has 3 rings (SSSR count). The van der Waals surface area contributed by atoms with Gasteiger partial charge in [-0.2, -0.15) is 13.2 Å². The lowest BCUT2D eigenvalue weighted by atomic mass is 10.0. The van der Waals surface area contributed by atoms with E-state index in [1.807, 2.05) is 24.3 Å². The summed E-state index contributed by atoms with van der Waals surface area (Å²) < 4.78 is 44.8. The van der Waals surface area contributed by atoms with Crippen LogP contribution in [0.3, 0.4) is 0 Å². The summed E-state index contributed by atoms with van der Waals surface area (Å²) in [6.07, 6.45) is -1.99. The topological polar surface area (TPSA) is 63.6 Å². The molecule has 156 valence electrons. The summed E-state index contributed by atoms with van der Waals surface area (Å²) in [5.41, 5.74) is -1.59. The number of carbonyl (C=O) groups is 1. The molecule has 1 atom stereocenters. The minimum Gasteiger partial charge on any atom is -0.495 e. The van der Waals surface area contributed by atoms with Gasteiger partial charge in [0.05, 0.1) is 12.8 Å². The van der Waals surface area contributed by atoms with E-state index in [2.05, 4.69) is 10.2 Å². The summed E-state index contributed by atoms with van der Waals surface area (Å²) in [5, 5.41) is 2.83. The Morgan fingerprint density at radius 3 is 2.72 bits per heavy atom. The summed E-state index contributed by atoms with van der Waals surface area (Å²) in [7, 11) is 1.59. The van der Waals surface area contributed by atoms with E-state index >= 15 is 0 Å². The Balaban J connectivity index is 1.66. The standard InChI is InChI=1S/C20H22F3N3O3/c1-29-17-9-3-2-8-16(17)25-10-4-6-14(12-25)24-18(27)13-26-11-5-7-15(19(26)28)20(21,22)23/h2-3,5,7-9,11,14H,4,6,10,12-13H2,1H3,(H,24,27). The van der Waals surface area contributed by atoms with Crippen LogP contribution in [0.1, 0.15) is 18.4 Å². The van der Waals surface area contributed by atoms with Crippen LogP contribution in [0.4, 0.5) is 18.9 Å². The zero-order valence-corrected chi connectivity index (χ0v) is 15.9. The molecule has 1 amide bonds. The zero-order chi connectivity index (χ0) is 21.0. The maximum Gasteiger partial charge on any atom is 0.421 e. The smallest absolute Gasteiger partial charge is 0.421 e. The molecule has 0 bridgehead atoms. The minimum atomic E-state index is -4.75. The third kappa shape index (κ3) is 4.90. The molecule has 9 heteroatoms. The maximum absolute atomic E-state index is 12.9. The van der Waals surface area contributed by atoms with Crippen molar-refractivity contribution in [2.75, 3.05) is 25.1 Å². The van der Waals surface area contributed by atoms with Gasteiger partial charge in [-0.15, -0.1) is 0 Å². The van der Waals surface area contributed by atoms with Crippen LogP contribution < -0.4 is 20.5 Å². The van der Waals surface area contributed by atoms with Crippen LogP contribution in [0.25, 0.3) is 0 Å². The second-order valence-electron chi connectivity index (χ2n) is 6.88. The van der Waals surface area contributed by atoms with Crippen LogP contribution in [0.15, 0.2) is 47.4 Å². The molecule has 2 aromatic rings. The third-order valence-corrected chi connectivity index (χ3v) is 4.85. The van der Waals surface area contributed by atoms with Crippen molar-refractivity contribution < 1.29 is 22.7 Å². The lowest BCUT2D eigenvalue weighted by Crippen LogP contribution is -2.49. The number of carbonyl (C=O) groups excluding carboxylic acids is 1. The maximum atomic E-state index is 12.9. The van der Waals surface area contributed by atoms with Crippen LogP contribution in [-0.4, -0.2) is 36.7 Å². The van der Waals surface area contributed by atoms with Gasteiger partial charge in [0.2, 0.25) is 5.91 Å². The Hall–Kier alpha value is -2.97. The van der Waals surface area contributed by atoms with Crippen molar-refractivity contribution in [3.8, 4) is 5.75 Å². The average Bonchev–Trinajstić information content (AvgIpc) is 2.69. The second kappa shape index (κ2) is 8.59. The molecule has 6 nitrogen and oxygen atoms in total. The van der Waals surface area contributed by atoms with Gasteiger partial charge in [0, 0.05) is 25.3 Å². The molecule has 0 aliphatic carbocycles. The number of nitrogens with zero attached hydrogens (tertiary/aromatic N) is 2. The number of aromatic nitrogens is 1. The minimum absolute atomic E-state index is 0.178. The first-order chi connectivity index (χ1) is 13.8. The molecule has 0 saturated carbocycles. The van der Waals surface area contributed by atoms with E-state index in [-0.39, 0.29) is 6.04 Å². The number of para-hydroxylation sites is 2. The number of alkyl halides is 3. The molecule has 1 fully saturated rings. The Kier molecular flexibility index (Phi) is 6.14. The molecule has 1 aliphatic rings. The van der Waals surface area contributed by atoms with E-state index < -0.39 is 29.8 Å². The highest BCUT2D eigenvalue weighted by atomic mass is 19.4. The third-order valence-electron chi connectivity index (χ3n) is 4.85. The van der Waals surface area contributed by atoms with E-state index in [1.54, 1.807) is 7.11 Å². The fourth-order valence-corrected chi connectivity index (χ4v) is 3.51. The number of hydrogen-bond acceptors (Lipinski definition) is 4. The molecule has 1 aromatic carbocycles. The van der Waals surface area contributed by atoms with Crippen LogP contribution in [-0.2, 0) is 17.5 Å². The van der Waals surface area contributed by atoms with Crippen molar-refractivity contribution in [3.05, 3.63) is 58.5 Å². The number of rotatable bonds is 5. The highest BCUT2D eigenvalue weighted by Crippen LogP contribution is 2.30. The molecule has 1 saturated heterocycles. The van der Waals surface area contributed by atoms with E-state index in [9.17, 15) is 22.8 Å². The molecule has 1 aliphatic heterocycles. The van der Waals surface area contributed by atoms with Crippen molar-refractivity contribution in [2.24, 2.45) is 0 Å². The number of pyridine rings is 1. The SMILES string of the molecule is COc1ccccc1N1CCCC(NC(=O)Cn2cccc(C(F)(F)F)c2=O)C1. The molecule has 0 spiro atoms. The quantitative estimate of drug-likeness (QED) is 0.825. The van der Waals surface area contributed by atoms with Gasteiger partial charge in [-0.3, -0.25) is 9.59 Å². The summed E-state index contributed by atoms with van der Waals surface area (Å²) in [6.45, 7) is 0.886. The fourth-order valence-electron chi connectivity index (χ4n) is 3.51. The highest BCUT2D eigenvalue weighted by molar-refractivity contribution is 5.76. The number of ether oxygens (including phenoxy) is 1. The van der Waals surface area contributed by atoms with Crippen molar-refractivity contribution in [2.45, 2.75) is 31.6 Å². The first-order valence-corrected chi connectivity index (χ1v) is 9.23. The zero-order valence-electron chi connectivity index (χ0n) is 15.9. The second-order valence-corrected chi connectivity index (χ2v) is 6.88. The molecule has 1 aromatic heterocycles. The van der Waals surface area contributed by atoms with Gasteiger partial charge in [0.1, 0.15) is 17.9 Å².